The molecule has 352 valence electrons. The summed E-state index contributed by atoms with van der Waals surface area (Å²) in [5.74, 6) is -0.856. The topological polar surface area (TPSA) is 224 Å². The standard InChI is InChI=1S/C49H62ClN9O7/c1-47(2,3)41(44(64)59-28-35(60)23-39(59)43(63)53-26-30-11-13-31(14-12-30)38-27-54-58-57-38)55-40(61)29-65-22-10-8-9-21-52-34-18-15-32(16-19-34)42(62)56-45-48(4,5)46(49(45,6)7)66-36-20-17-33(25-51)37(50)24-36/h11-20,24,27,35,39,41,45-46,52,60H,8-10,21-23,26,28-29H2,1-7H3,(H,53,63)(H,55,61)(H,56,62)(H,54,57,58)/t35-,39+,41-,45?,46?/m1/s1. The Bertz CT molecular complexity index is 2340. The number of rotatable bonds is 19. The number of benzene rings is 3. The van der Waals surface area contributed by atoms with Crippen molar-refractivity contribution in [2.24, 2.45) is 16.2 Å². The molecule has 2 fully saturated rings. The maximum Gasteiger partial charge on any atom is 0.251 e. The number of β-amino-alcohol motifs (C(OH)–C–C–N with tert-alkyl or cyclic N) is 1. The first-order valence-electron chi connectivity index (χ1n) is 22.4. The minimum absolute atomic E-state index is 0.0183. The number of unbranched alkanes of at least 4 members (excludes halogenated alkanes) is 2. The Hall–Kier alpha value is -6.02. The Morgan fingerprint density at radius 3 is 2.35 bits per heavy atom. The van der Waals surface area contributed by atoms with Crippen molar-refractivity contribution < 1.29 is 33.8 Å². The number of halogens is 1. The average Bonchev–Trinajstić information content (AvgIpc) is 3.97. The molecule has 4 aromatic rings. The molecule has 1 aliphatic carbocycles. The van der Waals surface area contributed by atoms with Crippen molar-refractivity contribution in [1.29, 1.82) is 5.26 Å². The van der Waals surface area contributed by atoms with E-state index in [4.69, 9.17) is 21.1 Å². The molecule has 2 aliphatic rings. The van der Waals surface area contributed by atoms with Crippen molar-refractivity contribution in [3.63, 3.8) is 0 Å². The van der Waals surface area contributed by atoms with Crippen LogP contribution in [0.1, 0.15) is 95.6 Å². The molecule has 4 amide bonds. The molecule has 3 atom stereocenters. The summed E-state index contributed by atoms with van der Waals surface area (Å²) in [5, 5.41) is 42.9. The Labute approximate surface area is 391 Å². The minimum atomic E-state index is -0.953. The fourth-order valence-corrected chi connectivity index (χ4v) is 9.43. The van der Waals surface area contributed by atoms with Gasteiger partial charge >= 0.3 is 0 Å². The second-order valence-corrected chi connectivity index (χ2v) is 19.9. The normalized spacial score (nSPS) is 20.0. The van der Waals surface area contributed by atoms with Crippen molar-refractivity contribution >= 4 is 40.9 Å². The van der Waals surface area contributed by atoms with Crippen molar-refractivity contribution in [1.82, 2.24) is 36.3 Å². The zero-order valence-corrected chi connectivity index (χ0v) is 39.5. The number of likely N-dealkylation sites (tertiary alicyclic amines) is 1. The van der Waals surface area contributed by atoms with Crippen molar-refractivity contribution in [2.45, 2.75) is 111 Å². The van der Waals surface area contributed by atoms with Gasteiger partial charge in [-0.3, -0.25) is 19.2 Å². The predicted molar refractivity (Wildman–Crippen MR) is 250 cm³/mol. The molecule has 0 bridgehead atoms. The van der Waals surface area contributed by atoms with E-state index in [1.807, 2.05) is 57.2 Å². The summed E-state index contributed by atoms with van der Waals surface area (Å²) in [4.78, 5) is 55.1. The van der Waals surface area contributed by atoms with Gasteiger partial charge in [-0.05, 0) is 66.6 Å². The number of hydrogen-bond acceptors (Lipinski definition) is 11. The monoisotopic (exact) mass is 923 g/mol. The third-order valence-electron chi connectivity index (χ3n) is 12.5. The van der Waals surface area contributed by atoms with E-state index in [-0.39, 0.29) is 60.9 Å². The van der Waals surface area contributed by atoms with Gasteiger partial charge in [0.2, 0.25) is 17.7 Å². The van der Waals surface area contributed by atoms with Gasteiger partial charge in [-0.2, -0.15) is 20.7 Å². The number of aromatic amines is 1. The van der Waals surface area contributed by atoms with Crippen LogP contribution in [-0.2, 0) is 25.7 Å². The number of nitriles is 1. The zero-order chi connectivity index (χ0) is 47.8. The molecule has 6 rings (SSSR count). The SMILES string of the molecule is CC1(C)C(NC(=O)c2ccc(NCCCCCOCC(=O)N[C@H](C(=O)N3C[C@H](O)C[C@H]3C(=O)NCc3ccc(-c4cn[nH]n4)cc3)C(C)(C)C)cc2)C(C)(C)C1Oc1ccc(C#N)c(Cl)c1. The molecular weight excluding hydrogens is 862 g/mol. The zero-order valence-electron chi connectivity index (χ0n) is 38.7. The molecule has 6 N–H and O–H groups in total. The molecule has 0 spiro atoms. The highest BCUT2D eigenvalue weighted by Gasteiger charge is 2.64. The smallest absolute Gasteiger partial charge is 0.251 e. The summed E-state index contributed by atoms with van der Waals surface area (Å²) in [5.41, 5.74) is 2.81. The number of aromatic nitrogens is 3. The second-order valence-electron chi connectivity index (χ2n) is 19.5. The number of carbonyl (C=O) groups excluding carboxylic acids is 4. The molecule has 1 aromatic heterocycles. The molecule has 2 heterocycles. The molecule has 0 unspecified atom stereocenters. The minimum Gasteiger partial charge on any atom is -0.489 e. The lowest BCUT2D eigenvalue weighted by Gasteiger charge is -2.63. The molecular formula is C49H62ClN9O7. The number of nitrogens with zero attached hydrogens (tertiary/aromatic N) is 4. The fraction of sp³-hybridized carbons (Fsp3) is 0.490. The third-order valence-corrected chi connectivity index (χ3v) is 12.8. The summed E-state index contributed by atoms with van der Waals surface area (Å²) in [6, 6.07) is 20.0. The van der Waals surface area contributed by atoms with Gasteiger partial charge in [-0.1, -0.05) is 84.3 Å². The van der Waals surface area contributed by atoms with E-state index in [1.54, 1.807) is 36.5 Å². The summed E-state index contributed by atoms with van der Waals surface area (Å²) in [6.07, 6.45) is 3.06. The summed E-state index contributed by atoms with van der Waals surface area (Å²) in [7, 11) is 0. The van der Waals surface area contributed by atoms with E-state index in [9.17, 15) is 29.5 Å². The number of aliphatic hydroxyl groups excluding tert-OH is 1. The van der Waals surface area contributed by atoms with Crippen molar-refractivity contribution in [3.8, 4) is 23.1 Å². The maximum atomic E-state index is 13.9. The highest BCUT2D eigenvalue weighted by molar-refractivity contribution is 6.31. The van der Waals surface area contributed by atoms with Gasteiger partial charge in [-0.15, -0.1) is 0 Å². The Balaban J connectivity index is 0.875. The second kappa shape index (κ2) is 21.1. The molecule has 3 aromatic carbocycles. The van der Waals surface area contributed by atoms with Gasteiger partial charge in [0, 0.05) is 72.4 Å². The Morgan fingerprint density at radius 2 is 1.71 bits per heavy atom. The van der Waals surface area contributed by atoms with Gasteiger partial charge in [-0.25, -0.2) is 0 Å². The quantitative estimate of drug-likeness (QED) is 0.0597. The van der Waals surface area contributed by atoms with E-state index in [2.05, 4.69) is 70.4 Å². The number of ether oxygens (including phenoxy) is 2. The van der Waals surface area contributed by atoms with E-state index in [1.165, 1.54) is 4.90 Å². The van der Waals surface area contributed by atoms with Crippen LogP contribution in [0.2, 0.25) is 5.02 Å². The summed E-state index contributed by atoms with van der Waals surface area (Å²) < 4.78 is 12.0. The number of aliphatic hydroxyl groups is 1. The van der Waals surface area contributed by atoms with Gasteiger partial charge in [0.15, 0.2) is 0 Å². The van der Waals surface area contributed by atoms with E-state index >= 15 is 0 Å². The number of H-pyrrole nitrogens is 1. The van der Waals surface area contributed by atoms with Crippen LogP contribution < -0.4 is 26.0 Å². The predicted octanol–water partition coefficient (Wildman–Crippen LogP) is 6.02. The van der Waals surface area contributed by atoms with Gasteiger partial charge in [0.05, 0.1) is 22.9 Å². The first-order chi connectivity index (χ1) is 31.3. The molecule has 16 nitrogen and oxygen atoms in total. The first-order valence-corrected chi connectivity index (χ1v) is 22.8. The molecule has 66 heavy (non-hydrogen) atoms. The lowest BCUT2D eigenvalue weighted by atomic mass is 9.49. The van der Waals surface area contributed by atoms with E-state index < -0.39 is 35.4 Å². The van der Waals surface area contributed by atoms with Crippen molar-refractivity contribution in [2.75, 3.05) is 31.6 Å². The van der Waals surface area contributed by atoms with Crippen LogP contribution in [-0.4, -0.2) is 106 Å². The molecule has 17 heteroatoms. The van der Waals surface area contributed by atoms with E-state index in [0.717, 1.165) is 36.1 Å². The Kier molecular flexibility index (Phi) is 15.8. The maximum absolute atomic E-state index is 13.9. The number of amides is 4. The van der Waals surface area contributed by atoms with Crippen LogP contribution in [0.4, 0.5) is 5.69 Å². The van der Waals surface area contributed by atoms with E-state index in [0.29, 0.717) is 40.7 Å². The third kappa shape index (κ3) is 11.9. The molecule has 0 radical (unpaired) electrons. The Morgan fingerprint density at radius 1 is 1.00 bits per heavy atom. The average molecular weight is 925 g/mol. The lowest BCUT2D eigenvalue weighted by molar-refractivity contribution is -0.164. The number of hydrogen-bond donors (Lipinski definition) is 6. The van der Waals surface area contributed by atoms with Crippen LogP contribution in [0, 0.1) is 27.6 Å². The molecule has 1 aliphatic heterocycles. The summed E-state index contributed by atoms with van der Waals surface area (Å²) >= 11 is 6.23. The number of anilines is 1. The highest BCUT2D eigenvalue weighted by Crippen LogP contribution is 2.55. The van der Waals surface area contributed by atoms with Crippen LogP contribution in [0.3, 0.4) is 0 Å². The highest BCUT2D eigenvalue weighted by atomic mass is 35.5. The van der Waals surface area contributed by atoms with Gasteiger partial charge in [0.1, 0.15) is 42.3 Å². The van der Waals surface area contributed by atoms with Gasteiger partial charge in [0.25, 0.3) is 5.91 Å². The number of carbonyl (C=O) groups is 4. The molecule has 1 saturated carbocycles. The van der Waals surface area contributed by atoms with Crippen molar-refractivity contribution in [3.05, 3.63) is 94.6 Å². The number of nitrogens with one attached hydrogen (secondary N) is 5. The first kappa shape index (κ1) is 49.4. The van der Waals surface area contributed by atoms with Gasteiger partial charge < -0.3 is 40.7 Å². The van der Waals surface area contributed by atoms with Crippen LogP contribution in [0.5, 0.6) is 5.75 Å². The largest absolute Gasteiger partial charge is 0.489 e. The fourth-order valence-electron chi connectivity index (χ4n) is 9.22. The summed E-state index contributed by atoms with van der Waals surface area (Å²) in [6.45, 7) is 14.8. The van der Waals surface area contributed by atoms with Crippen LogP contribution in [0.15, 0.2) is 72.9 Å². The van der Waals surface area contributed by atoms with Crippen LogP contribution in [0.25, 0.3) is 11.3 Å². The van der Waals surface area contributed by atoms with Crippen LogP contribution >= 0.6 is 11.6 Å². The molecule has 1 saturated heterocycles. The lowest BCUT2D eigenvalue weighted by Crippen LogP contribution is -2.74.